The highest BCUT2D eigenvalue weighted by atomic mass is 35.5. The minimum atomic E-state index is -4.08. The first-order chi connectivity index (χ1) is 6.40. The highest BCUT2D eigenvalue weighted by molar-refractivity contribution is 7.84. The maximum Gasteiger partial charge on any atom is 0.333 e. The van der Waals surface area contributed by atoms with Crippen LogP contribution in [0.3, 0.4) is 0 Å². The van der Waals surface area contributed by atoms with Crippen LogP contribution in [0.15, 0.2) is 18.2 Å². The fraction of sp³-hybridized carbons (Fsp3) is 0.143. The van der Waals surface area contributed by atoms with Crippen molar-refractivity contribution in [3.8, 4) is 0 Å². The van der Waals surface area contributed by atoms with Crippen LogP contribution in [0.4, 0.5) is 4.39 Å². The van der Waals surface area contributed by atoms with Crippen LogP contribution in [0.25, 0.3) is 0 Å². The minimum absolute atomic E-state index is 0.0387. The normalized spacial score (nSPS) is 11.6. The lowest BCUT2D eigenvalue weighted by Crippen LogP contribution is -2.16. The lowest BCUT2D eigenvalue weighted by atomic mass is 10.2. The highest BCUT2D eigenvalue weighted by Gasteiger charge is 2.10. The molecule has 0 radical (unpaired) electrons. The molecule has 1 rings (SSSR count). The van der Waals surface area contributed by atoms with Gasteiger partial charge in [-0.2, -0.15) is 8.42 Å². The summed E-state index contributed by atoms with van der Waals surface area (Å²) in [6.45, 7) is -0.510. The number of hydrogen-bond donors (Lipinski definition) is 1. The van der Waals surface area contributed by atoms with Crippen molar-refractivity contribution >= 4 is 21.9 Å². The standard InChI is InChI=1S/C7H7ClFNO3S/c8-6-2-1-3-7(9)5(6)4-13-14(10,11)12/h1-3H,4H2,(H2,10,11,12). The molecule has 0 aliphatic rings. The second kappa shape index (κ2) is 4.22. The van der Waals surface area contributed by atoms with E-state index in [2.05, 4.69) is 9.32 Å². The van der Waals surface area contributed by atoms with Gasteiger partial charge in [-0.15, -0.1) is 0 Å². The van der Waals surface area contributed by atoms with Crippen LogP contribution in [0.2, 0.25) is 5.02 Å². The van der Waals surface area contributed by atoms with Crippen molar-refractivity contribution in [1.82, 2.24) is 0 Å². The molecule has 0 unspecified atom stereocenters. The summed E-state index contributed by atoms with van der Waals surface area (Å²) >= 11 is 5.60. The Labute approximate surface area is 85.7 Å². The molecular weight excluding hydrogens is 233 g/mol. The molecule has 0 atom stereocenters. The van der Waals surface area contributed by atoms with Crippen LogP contribution in [0.5, 0.6) is 0 Å². The van der Waals surface area contributed by atoms with Crippen LogP contribution in [0, 0.1) is 5.82 Å². The zero-order valence-corrected chi connectivity index (χ0v) is 8.48. The smallest absolute Gasteiger partial charge is 0.253 e. The highest BCUT2D eigenvalue weighted by Crippen LogP contribution is 2.19. The van der Waals surface area contributed by atoms with Gasteiger partial charge in [-0.05, 0) is 12.1 Å². The second-order valence-corrected chi connectivity index (χ2v) is 4.08. The van der Waals surface area contributed by atoms with E-state index in [0.29, 0.717) is 0 Å². The molecule has 1 aromatic carbocycles. The SMILES string of the molecule is NS(=O)(=O)OCc1c(F)cccc1Cl. The first-order valence-corrected chi connectivity index (χ1v) is 5.35. The summed E-state index contributed by atoms with van der Waals surface area (Å²) in [7, 11) is -4.08. The summed E-state index contributed by atoms with van der Waals surface area (Å²) in [5, 5.41) is 4.66. The maximum absolute atomic E-state index is 13.0. The van der Waals surface area contributed by atoms with Gasteiger partial charge in [0.1, 0.15) is 5.82 Å². The van der Waals surface area contributed by atoms with E-state index in [1.54, 1.807) is 0 Å². The van der Waals surface area contributed by atoms with Crippen LogP contribution >= 0.6 is 11.6 Å². The third-order valence-electron chi connectivity index (χ3n) is 1.43. The van der Waals surface area contributed by atoms with Crippen molar-refractivity contribution < 1.29 is 17.0 Å². The zero-order chi connectivity index (χ0) is 10.8. The Bertz CT molecular complexity index is 414. The van der Waals surface area contributed by atoms with Crippen molar-refractivity contribution in [3.05, 3.63) is 34.6 Å². The summed E-state index contributed by atoms with van der Waals surface area (Å²) in [4.78, 5) is 0. The van der Waals surface area contributed by atoms with Crippen LogP contribution in [-0.2, 0) is 21.1 Å². The summed E-state index contributed by atoms with van der Waals surface area (Å²) < 4.78 is 38.1. The molecule has 0 aliphatic carbocycles. The molecule has 0 fully saturated rings. The molecule has 14 heavy (non-hydrogen) atoms. The molecule has 4 nitrogen and oxygen atoms in total. The van der Waals surface area contributed by atoms with Crippen molar-refractivity contribution in [2.45, 2.75) is 6.61 Å². The first-order valence-electron chi connectivity index (χ1n) is 3.50. The van der Waals surface area contributed by atoms with Gasteiger partial charge in [0.05, 0.1) is 6.61 Å². The molecule has 0 heterocycles. The van der Waals surface area contributed by atoms with Crippen molar-refractivity contribution in [1.29, 1.82) is 0 Å². The summed E-state index contributed by atoms with van der Waals surface area (Å²) in [5.41, 5.74) is -0.0387. The fourth-order valence-corrected chi connectivity index (χ4v) is 1.31. The molecule has 0 aromatic heterocycles. The molecule has 78 valence electrons. The van der Waals surface area contributed by atoms with E-state index < -0.39 is 22.7 Å². The van der Waals surface area contributed by atoms with Crippen LogP contribution in [-0.4, -0.2) is 8.42 Å². The van der Waals surface area contributed by atoms with Gasteiger partial charge in [0.2, 0.25) is 0 Å². The van der Waals surface area contributed by atoms with Gasteiger partial charge in [0.25, 0.3) is 0 Å². The molecule has 0 aliphatic heterocycles. The second-order valence-electron chi connectivity index (χ2n) is 2.46. The molecule has 0 bridgehead atoms. The van der Waals surface area contributed by atoms with Gasteiger partial charge in [-0.25, -0.2) is 9.53 Å². The quantitative estimate of drug-likeness (QED) is 0.862. The van der Waals surface area contributed by atoms with E-state index in [9.17, 15) is 12.8 Å². The number of halogens is 2. The Morgan fingerprint density at radius 3 is 2.64 bits per heavy atom. The van der Waals surface area contributed by atoms with Gasteiger partial charge < -0.3 is 0 Å². The van der Waals surface area contributed by atoms with Gasteiger partial charge in [-0.3, -0.25) is 4.18 Å². The third-order valence-corrected chi connectivity index (χ3v) is 2.23. The van der Waals surface area contributed by atoms with E-state index in [-0.39, 0.29) is 10.6 Å². The Balaban J connectivity index is 2.87. The molecule has 0 amide bonds. The molecule has 1 aromatic rings. The van der Waals surface area contributed by atoms with Gasteiger partial charge in [-0.1, -0.05) is 17.7 Å². The lowest BCUT2D eigenvalue weighted by Gasteiger charge is -2.04. The predicted molar refractivity (Wildman–Crippen MR) is 49.3 cm³/mol. The Morgan fingerprint density at radius 1 is 1.50 bits per heavy atom. The summed E-state index contributed by atoms with van der Waals surface area (Å²) in [6.07, 6.45) is 0. The Hall–Kier alpha value is -0.690. The van der Waals surface area contributed by atoms with E-state index in [0.717, 1.165) is 6.07 Å². The number of rotatable bonds is 3. The van der Waals surface area contributed by atoms with E-state index in [1.165, 1.54) is 12.1 Å². The lowest BCUT2D eigenvalue weighted by molar-refractivity contribution is 0.303. The monoisotopic (exact) mass is 239 g/mol. The van der Waals surface area contributed by atoms with Crippen molar-refractivity contribution in [2.75, 3.05) is 0 Å². The predicted octanol–water partition coefficient (Wildman–Crippen LogP) is 1.20. The van der Waals surface area contributed by atoms with Gasteiger partial charge in [0, 0.05) is 10.6 Å². The average molecular weight is 240 g/mol. The summed E-state index contributed by atoms with van der Waals surface area (Å²) in [6, 6.07) is 3.97. The molecular formula is C7H7ClFNO3S. The third kappa shape index (κ3) is 3.22. The van der Waals surface area contributed by atoms with E-state index in [1.807, 2.05) is 0 Å². The largest absolute Gasteiger partial charge is 0.333 e. The number of benzene rings is 1. The average Bonchev–Trinajstić information content (AvgIpc) is 2.01. The maximum atomic E-state index is 13.0. The van der Waals surface area contributed by atoms with E-state index >= 15 is 0 Å². The van der Waals surface area contributed by atoms with Crippen molar-refractivity contribution in [3.63, 3.8) is 0 Å². The van der Waals surface area contributed by atoms with Crippen LogP contribution < -0.4 is 5.14 Å². The molecule has 0 saturated heterocycles. The molecule has 2 N–H and O–H groups in total. The van der Waals surface area contributed by atoms with Crippen molar-refractivity contribution in [2.24, 2.45) is 5.14 Å². The first kappa shape index (κ1) is 11.4. The number of hydrogen-bond acceptors (Lipinski definition) is 3. The van der Waals surface area contributed by atoms with Crippen LogP contribution in [0.1, 0.15) is 5.56 Å². The van der Waals surface area contributed by atoms with Gasteiger partial charge in [0.15, 0.2) is 0 Å². The molecule has 7 heteroatoms. The molecule has 0 saturated carbocycles. The van der Waals surface area contributed by atoms with E-state index in [4.69, 9.17) is 11.6 Å². The number of nitrogens with two attached hydrogens (primary N) is 1. The Kier molecular flexibility index (Phi) is 3.43. The topological polar surface area (TPSA) is 69.4 Å². The summed E-state index contributed by atoms with van der Waals surface area (Å²) in [5.74, 6) is -0.638. The van der Waals surface area contributed by atoms with Gasteiger partial charge >= 0.3 is 10.3 Å². The fourth-order valence-electron chi connectivity index (χ4n) is 0.811. The molecule has 0 spiro atoms. The zero-order valence-electron chi connectivity index (χ0n) is 6.91. The Morgan fingerprint density at radius 2 is 2.14 bits per heavy atom. The minimum Gasteiger partial charge on any atom is -0.253 e.